The molecule has 0 aliphatic rings. The number of ether oxygens (including phenoxy) is 1. The molecule has 0 spiro atoms. The van der Waals surface area contributed by atoms with Crippen LogP contribution < -0.4 is 10.1 Å². The second kappa shape index (κ2) is 6.09. The van der Waals surface area contributed by atoms with E-state index in [0.29, 0.717) is 0 Å². The number of halogens is 1. The van der Waals surface area contributed by atoms with E-state index in [-0.39, 0.29) is 17.6 Å². The number of rotatable bonds is 5. The molecule has 20 heavy (non-hydrogen) atoms. The molecule has 0 saturated carbocycles. The molecule has 3 nitrogen and oxygen atoms in total. The van der Waals surface area contributed by atoms with Crippen molar-refractivity contribution in [3.63, 3.8) is 0 Å². The Labute approximate surface area is 118 Å². The van der Waals surface area contributed by atoms with Crippen molar-refractivity contribution in [2.45, 2.75) is 26.8 Å². The molecule has 0 saturated heterocycles. The van der Waals surface area contributed by atoms with Crippen LogP contribution in [0.2, 0.25) is 0 Å². The summed E-state index contributed by atoms with van der Waals surface area (Å²) < 4.78 is 24.2. The van der Waals surface area contributed by atoms with Gasteiger partial charge in [0.25, 0.3) is 0 Å². The Balaban J connectivity index is 2.45. The van der Waals surface area contributed by atoms with Gasteiger partial charge in [-0.05, 0) is 44.2 Å². The second-order valence-electron chi connectivity index (χ2n) is 4.75. The van der Waals surface area contributed by atoms with E-state index in [0.717, 1.165) is 29.2 Å². The van der Waals surface area contributed by atoms with E-state index in [4.69, 9.17) is 9.15 Å². The fraction of sp³-hybridized carbons (Fsp3) is 0.375. The Morgan fingerprint density at radius 2 is 2.05 bits per heavy atom. The van der Waals surface area contributed by atoms with Gasteiger partial charge in [0.2, 0.25) is 0 Å². The maximum atomic E-state index is 13.5. The van der Waals surface area contributed by atoms with Gasteiger partial charge in [-0.2, -0.15) is 0 Å². The summed E-state index contributed by atoms with van der Waals surface area (Å²) in [6.07, 6.45) is 0. The number of hydrogen-bond acceptors (Lipinski definition) is 3. The Bertz CT molecular complexity index is 592. The minimum absolute atomic E-state index is 0.0352. The first-order chi connectivity index (χ1) is 9.56. The first-order valence-corrected chi connectivity index (χ1v) is 6.70. The summed E-state index contributed by atoms with van der Waals surface area (Å²) in [5.74, 6) is 1.64. The normalized spacial score (nSPS) is 12.4. The van der Waals surface area contributed by atoms with Crippen molar-refractivity contribution in [1.29, 1.82) is 0 Å². The van der Waals surface area contributed by atoms with Gasteiger partial charge in [0.1, 0.15) is 11.5 Å². The highest BCUT2D eigenvalue weighted by Gasteiger charge is 2.19. The molecule has 1 N–H and O–H groups in total. The topological polar surface area (TPSA) is 34.4 Å². The van der Waals surface area contributed by atoms with E-state index >= 15 is 0 Å². The average molecular weight is 277 g/mol. The molecule has 4 heteroatoms. The van der Waals surface area contributed by atoms with Gasteiger partial charge in [-0.1, -0.05) is 13.0 Å². The van der Waals surface area contributed by atoms with Gasteiger partial charge in [0.15, 0.2) is 11.6 Å². The van der Waals surface area contributed by atoms with Crippen LogP contribution >= 0.6 is 0 Å². The molecule has 1 aromatic heterocycles. The van der Waals surface area contributed by atoms with Crippen LogP contribution in [0.15, 0.2) is 28.7 Å². The Hall–Kier alpha value is -1.81. The van der Waals surface area contributed by atoms with E-state index in [1.807, 2.05) is 26.8 Å². The highest BCUT2D eigenvalue weighted by Crippen LogP contribution is 2.30. The monoisotopic (exact) mass is 277 g/mol. The molecule has 1 atom stereocenters. The molecule has 0 aliphatic carbocycles. The quantitative estimate of drug-likeness (QED) is 0.904. The average Bonchev–Trinajstić information content (AvgIpc) is 2.75. The van der Waals surface area contributed by atoms with Gasteiger partial charge in [0, 0.05) is 5.56 Å². The number of nitrogens with one attached hydrogen (secondary N) is 1. The lowest BCUT2D eigenvalue weighted by molar-refractivity contribution is 0.385. The van der Waals surface area contributed by atoms with Crippen LogP contribution in [-0.2, 0) is 0 Å². The fourth-order valence-electron chi connectivity index (χ4n) is 2.40. The van der Waals surface area contributed by atoms with Crippen LogP contribution in [0, 0.1) is 19.7 Å². The summed E-state index contributed by atoms with van der Waals surface area (Å²) in [4.78, 5) is 0. The molecule has 0 fully saturated rings. The molecule has 0 amide bonds. The Morgan fingerprint density at radius 3 is 2.60 bits per heavy atom. The number of furan rings is 1. The Morgan fingerprint density at radius 1 is 1.30 bits per heavy atom. The molecule has 1 heterocycles. The van der Waals surface area contributed by atoms with Gasteiger partial charge in [-0.15, -0.1) is 0 Å². The van der Waals surface area contributed by atoms with Crippen molar-refractivity contribution in [3.05, 3.63) is 52.7 Å². The van der Waals surface area contributed by atoms with Crippen LogP contribution in [0.5, 0.6) is 5.75 Å². The zero-order chi connectivity index (χ0) is 14.7. The summed E-state index contributed by atoms with van der Waals surface area (Å²) in [5.41, 5.74) is 2.02. The second-order valence-corrected chi connectivity index (χ2v) is 4.75. The van der Waals surface area contributed by atoms with E-state index in [1.165, 1.54) is 13.2 Å². The van der Waals surface area contributed by atoms with Gasteiger partial charge in [0.05, 0.1) is 13.2 Å². The Kier molecular flexibility index (Phi) is 4.45. The summed E-state index contributed by atoms with van der Waals surface area (Å²) in [5, 5.41) is 3.40. The molecule has 2 rings (SSSR count). The molecular weight excluding hydrogens is 257 g/mol. The maximum absolute atomic E-state index is 13.5. The van der Waals surface area contributed by atoms with Gasteiger partial charge in [-0.3, -0.25) is 0 Å². The zero-order valence-electron chi connectivity index (χ0n) is 12.3. The molecular formula is C16H20FNO2. The predicted molar refractivity (Wildman–Crippen MR) is 76.7 cm³/mol. The first kappa shape index (κ1) is 14.6. The summed E-state index contributed by atoms with van der Waals surface area (Å²) in [6.45, 7) is 6.70. The third-order valence-electron chi connectivity index (χ3n) is 3.31. The number of aryl methyl sites for hydroxylation is 2. The van der Waals surface area contributed by atoms with Crippen molar-refractivity contribution in [2.24, 2.45) is 0 Å². The molecule has 0 bridgehead atoms. The van der Waals surface area contributed by atoms with Crippen LogP contribution in [0.1, 0.15) is 35.6 Å². The number of benzene rings is 1. The van der Waals surface area contributed by atoms with Crippen LogP contribution in [0.3, 0.4) is 0 Å². The molecule has 0 aliphatic heterocycles. The summed E-state index contributed by atoms with van der Waals surface area (Å²) in [7, 11) is 1.47. The highest BCUT2D eigenvalue weighted by atomic mass is 19.1. The standard InChI is InChI=1S/C16H20FNO2/c1-5-18-16(13-8-10(2)20-11(13)3)12-6-7-14(17)15(9-12)19-4/h6-9,16,18H,5H2,1-4H3. The molecule has 1 unspecified atom stereocenters. The van der Waals surface area contributed by atoms with Gasteiger partial charge < -0.3 is 14.5 Å². The summed E-state index contributed by atoms with van der Waals surface area (Å²) in [6, 6.07) is 6.91. The van der Waals surface area contributed by atoms with Crippen molar-refractivity contribution >= 4 is 0 Å². The lowest BCUT2D eigenvalue weighted by Crippen LogP contribution is -2.22. The number of hydrogen-bond donors (Lipinski definition) is 1. The SMILES string of the molecule is CCNC(c1ccc(F)c(OC)c1)c1cc(C)oc1C. The zero-order valence-corrected chi connectivity index (χ0v) is 12.3. The third kappa shape index (κ3) is 2.85. The first-order valence-electron chi connectivity index (χ1n) is 6.70. The van der Waals surface area contributed by atoms with E-state index in [1.54, 1.807) is 12.1 Å². The van der Waals surface area contributed by atoms with E-state index < -0.39 is 0 Å². The predicted octanol–water partition coefficient (Wildman–Crippen LogP) is 3.74. The minimum Gasteiger partial charge on any atom is -0.494 e. The van der Waals surface area contributed by atoms with Crippen molar-refractivity contribution in [3.8, 4) is 5.75 Å². The van der Waals surface area contributed by atoms with Gasteiger partial charge in [-0.25, -0.2) is 4.39 Å². The van der Waals surface area contributed by atoms with Crippen molar-refractivity contribution < 1.29 is 13.5 Å². The lowest BCUT2D eigenvalue weighted by atomic mass is 9.98. The fourth-order valence-corrected chi connectivity index (χ4v) is 2.40. The van der Waals surface area contributed by atoms with Crippen LogP contribution in [0.25, 0.3) is 0 Å². The van der Waals surface area contributed by atoms with Gasteiger partial charge >= 0.3 is 0 Å². The molecule has 2 aromatic rings. The smallest absolute Gasteiger partial charge is 0.165 e. The van der Waals surface area contributed by atoms with Crippen molar-refractivity contribution in [2.75, 3.05) is 13.7 Å². The maximum Gasteiger partial charge on any atom is 0.165 e. The van der Waals surface area contributed by atoms with Crippen LogP contribution in [0.4, 0.5) is 4.39 Å². The van der Waals surface area contributed by atoms with E-state index in [9.17, 15) is 4.39 Å². The largest absolute Gasteiger partial charge is 0.494 e. The molecule has 0 radical (unpaired) electrons. The lowest BCUT2D eigenvalue weighted by Gasteiger charge is -2.18. The van der Waals surface area contributed by atoms with Crippen LogP contribution in [-0.4, -0.2) is 13.7 Å². The molecule has 108 valence electrons. The molecule has 1 aromatic carbocycles. The summed E-state index contributed by atoms with van der Waals surface area (Å²) >= 11 is 0. The van der Waals surface area contributed by atoms with Crippen molar-refractivity contribution in [1.82, 2.24) is 5.32 Å². The minimum atomic E-state index is -0.355. The van der Waals surface area contributed by atoms with E-state index in [2.05, 4.69) is 5.32 Å². The third-order valence-corrected chi connectivity index (χ3v) is 3.31. The highest BCUT2D eigenvalue weighted by molar-refractivity contribution is 5.39. The number of methoxy groups -OCH3 is 1.